The van der Waals surface area contributed by atoms with Gasteiger partial charge in [-0.1, -0.05) is 30.3 Å². The van der Waals surface area contributed by atoms with E-state index in [1.165, 1.54) is 0 Å². The minimum atomic E-state index is -0.277. The molecule has 2 aromatic carbocycles. The minimum Gasteiger partial charge on any atom is -0.486 e. The lowest BCUT2D eigenvalue weighted by molar-refractivity contribution is -0.117. The number of carbonyl (C=O) groups is 2. The zero-order valence-corrected chi connectivity index (χ0v) is 14.8. The molecule has 27 heavy (non-hydrogen) atoms. The van der Waals surface area contributed by atoms with Crippen molar-refractivity contribution in [3.63, 3.8) is 0 Å². The fourth-order valence-electron chi connectivity index (χ4n) is 3.27. The Balaban J connectivity index is 1.34. The molecule has 1 atom stereocenters. The van der Waals surface area contributed by atoms with Crippen molar-refractivity contribution in [1.82, 2.24) is 10.6 Å². The van der Waals surface area contributed by atoms with Crippen molar-refractivity contribution in [3.8, 4) is 11.5 Å². The summed E-state index contributed by atoms with van der Waals surface area (Å²) < 4.78 is 11.1. The van der Waals surface area contributed by atoms with Crippen molar-refractivity contribution in [2.45, 2.75) is 19.0 Å². The van der Waals surface area contributed by atoms with E-state index < -0.39 is 0 Å². The van der Waals surface area contributed by atoms with Crippen LogP contribution in [0.5, 0.6) is 11.5 Å². The van der Waals surface area contributed by atoms with Crippen LogP contribution < -0.4 is 25.0 Å². The van der Waals surface area contributed by atoms with E-state index in [1.54, 1.807) is 4.90 Å². The summed E-state index contributed by atoms with van der Waals surface area (Å²) in [5.41, 5.74) is 1.77. The highest BCUT2D eigenvalue weighted by molar-refractivity contribution is 5.97. The number of hydrogen-bond donors (Lipinski definition) is 2. The molecule has 2 N–H and O–H groups in total. The highest BCUT2D eigenvalue weighted by atomic mass is 16.6. The van der Waals surface area contributed by atoms with Crippen molar-refractivity contribution in [2.75, 3.05) is 24.7 Å². The average molecular weight is 367 g/mol. The molecule has 0 bridgehead atoms. The van der Waals surface area contributed by atoms with Crippen molar-refractivity contribution in [3.05, 3.63) is 54.1 Å². The molecule has 0 radical (unpaired) electrons. The molecule has 7 nitrogen and oxygen atoms in total. The summed E-state index contributed by atoms with van der Waals surface area (Å²) in [4.78, 5) is 26.2. The number of ether oxygens (including phenoxy) is 2. The molecule has 4 rings (SSSR count). The number of benzene rings is 2. The van der Waals surface area contributed by atoms with Gasteiger partial charge in [-0.3, -0.25) is 4.79 Å². The van der Waals surface area contributed by atoms with Gasteiger partial charge < -0.3 is 25.0 Å². The third-order valence-corrected chi connectivity index (χ3v) is 4.59. The Kier molecular flexibility index (Phi) is 4.82. The normalized spacial score (nSPS) is 18.3. The van der Waals surface area contributed by atoms with Crippen LogP contribution in [0.3, 0.4) is 0 Å². The lowest BCUT2D eigenvalue weighted by Gasteiger charge is -2.22. The summed E-state index contributed by atoms with van der Waals surface area (Å²) in [6.07, 6.45) is 0.271. The first-order chi connectivity index (χ1) is 13.2. The number of hydrogen-bond acceptors (Lipinski definition) is 4. The molecule has 2 aliphatic heterocycles. The fourth-order valence-corrected chi connectivity index (χ4v) is 3.27. The second kappa shape index (κ2) is 7.57. The number of fused-ring (bicyclic) bond motifs is 1. The first-order valence-corrected chi connectivity index (χ1v) is 8.97. The van der Waals surface area contributed by atoms with E-state index in [0.717, 1.165) is 11.3 Å². The molecule has 0 aromatic heterocycles. The SMILES string of the molecule is O=C(NCc1ccccc1)NC1CC(=O)N(c2ccc3c(c2)OCCO3)C1. The van der Waals surface area contributed by atoms with Gasteiger partial charge in [-0.2, -0.15) is 0 Å². The van der Waals surface area contributed by atoms with E-state index in [4.69, 9.17) is 9.47 Å². The van der Waals surface area contributed by atoms with Gasteiger partial charge in [-0.05, 0) is 17.7 Å². The zero-order valence-electron chi connectivity index (χ0n) is 14.8. The minimum absolute atomic E-state index is 0.0277. The van der Waals surface area contributed by atoms with Gasteiger partial charge in [-0.25, -0.2) is 4.79 Å². The van der Waals surface area contributed by atoms with Gasteiger partial charge in [0, 0.05) is 31.3 Å². The number of nitrogens with one attached hydrogen (secondary N) is 2. The van der Waals surface area contributed by atoms with Crippen LogP contribution in [0.15, 0.2) is 48.5 Å². The number of urea groups is 1. The Morgan fingerprint density at radius 2 is 1.85 bits per heavy atom. The molecule has 140 valence electrons. The fraction of sp³-hybridized carbons (Fsp3) is 0.300. The maximum Gasteiger partial charge on any atom is 0.315 e. The van der Waals surface area contributed by atoms with Crippen molar-refractivity contribution < 1.29 is 19.1 Å². The Bertz CT molecular complexity index is 840. The molecule has 1 fully saturated rings. The van der Waals surface area contributed by atoms with E-state index in [2.05, 4.69) is 10.6 Å². The monoisotopic (exact) mass is 367 g/mol. The second-order valence-corrected chi connectivity index (χ2v) is 6.55. The molecule has 1 unspecified atom stereocenters. The van der Waals surface area contributed by atoms with E-state index in [0.29, 0.717) is 37.8 Å². The molecule has 3 amide bonds. The first kappa shape index (κ1) is 17.2. The average Bonchev–Trinajstić information content (AvgIpc) is 3.07. The van der Waals surface area contributed by atoms with Crippen molar-refractivity contribution in [2.24, 2.45) is 0 Å². The summed E-state index contributed by atoms with van der Waals surface area (Å²) in [5, 5.41) is 5.69. The van der Waals surface area contributed by atoms with Gasteiger partial charge in [0.2, 0.25) is 5.91 Å². The van der Waals surface area contributed by atoms with Gasteiger partial charge in [0.25, 0.3) is 0 Å². The highest BCUT2D eigenvalue weighted by Gasteiger charge is 2.32. The molecule has 7 heteroatoms. The maximum atomic E-state index is 12.4. The third kappa shape index (κ3) is 3.97. The lowest BCUT2D eigenvalue weighted by Crippen LogP contribution is -2.43. The maximum absolute atomic E-state index is 12.4. The van der Waals surface area contributed by atoms with E-state index in [1.807, 2.05) is 48.5 Å². The van der Waals surface area contributed by atoms with Crippen molar-refractivity contribution >= 4 is 17.6 Å². The van der Waals surface area contributed by atoms with E-state index >= 15 is 0 Å². The van der Waals surface area contributed by atoms with Gasteiger partial charge in [-0.15, -0.1) is 0 Å². The van der Waals surface area contributed by atoms with Crippen LogP contribution in [0.4, 0.5) is 10.5 Å². The predicted molar refractivity (Wildman–Crippen MR) is 100 cm³/mol. The van der Waals surface area contributed by atoms with Crippen LogP contribution >= 0.6 is 0 Å². The summed E-state index contributed by atoms with van der Waals surface area (Å²) >= 11 is 0. The van der Waals surface area contributed by atoms with Gasteiger partial charge >= 0.3 is 6.03 Å². The molecular weight excluding hydrogens is 346 g/mol. The van der Waals surface area contributed by atoms with Crippen LogP contribution in [0.2, 0.25) is 0 Å². The topological polar surface area (TPSA) is 79.9 Å². The molecule has 0 aliphatic carbocycles. The Morgan fingerprint density at radius 3 is 2.67 bits per heavy atom. The standard InChI is InChI=1S/C20H21N3O4/c24-19-10-15(22-20(25)21-12-14-4-2-1-3-5-14)13-23(19)16-6-7-17-18(11-16)27-9-8-26-17/h1-7,11,15H,8-10,12-13H2,(H2,21,22,25). The number of carbonyl (C=O) groups excluding carboxylic acids is 2. The van der Waals surface area contributed by atoms with Crippen molar-refractivity contribution in [1.29, 1.82) is 0 Å². The predicted octanol–water partition coefficient (Wildman–Crippen LogP) is 2.06. The lowest BCUT2D eigenvalue weighted by atomic mass is 10.2. The summed E-state index contributed by atoms with van der Waals surface area (Å²) in [7, 11) is 0. The summed E-state index contributed by atoms with van der Waals surface area (Å²) in [6, 6.07) is 14.6. The number of rotatable bonds is 4. The molecule has 2 aliphatic rings. The molecule has 2 heterocycles. The van der Waals surface area contributed by atoms with Crippen LogP contribution in [0, 0.1) is 0 Å². The van der Waals surface area contributed by atoms with Crippen LogP contribution in [-0.2, 0) is 11.3 Å². The number of amides is 3. The Labute approximate surface area is 157 Å². The van der Waals surface area contributed by atoms with Gasteiger partial charge in [0.15, 0.2) is 11.5 Å². The molecule has 0 saturated carbocycles. The number of nitrogens with zero attached hydrogens (tertiary/aromatic N) is 1. The van der Waals surface area contributed by atoms with E-state index in [9.17, 15) is 9.59 Å². The zero-order chi connectivity index (χ0) is 18.6. The quantitative estimate of drug-likeness (QED) is 0.867. The number of anilines is 1. The Morgan fingerprint density at radius 1 is 1.07 bits per heavy atom. The van der Waals surface area contributed by atoms with Crippen LogP contribution in [0.1, 0.15) is 12.0 Å². The summed E-state index contributed by atoms with van der Waals surface area (Å²) in [6.45, 7) is 1.89. The van der Waals surface area contributed by atoms with E-state index in [-0.39, 0.29) is 24.4 Å². The molecule has 1 saturated heterocycles. The molecular formula is C20H21N3O4. The smallest absolute Gasteiger partial charge is 0.315 e. The van der Waals surface area contributed by atoms with Gasteiger partial charge in [0.1, 0.15) is 13.2 Å². The van der Waals surface area contributed by atoms with Crippen LogP contribution in [-0.4, -0.2) is 37.7 Å². The largest absolute Gasteiger partial charge is 0.486 e. The third-order valence-electron chi connectivity index (χ3n) is 4.59. The second-order valence-electron chi connectivity index (χ2n) is 6.55. The first-order valence-electron chi connectivity index (χ1n) is 8.97. The summed E-state index contributed by atoms with van der Waals surface area (Å²) in [5.74, 6) is 1.30. The molecule has 2 aromatic rings. The Hall–Kier alpha value is -3.22. The van der Waals surface area contributed by atoms with Crippen LogP contribution in [0.25, 0.3) is 0 Å². The highest BCUT2D eigenvalue weighted by Crippen LogP contribution is 2.35. The molecule has 0 spiro atoms. The van der Waals surface area contributed by atoms with Gasteiger partial charge in [0.05, 0.1) is 6.04 Å².